The standard InChI is InChI=1S/C21H19ClN4O3/c1-21(6-7-21)18-13(12-9-17(28-2)14(22)10-16(12)24-18)8-11-4-3-5-15(23-11)19-25-20(27)29-26-19/h3-5,9-10,24H,6-8H2,1-2H3,(H,25,26,27). The van der Waals surface area contributed by atoms with E-state index >= 15 is 0 Å². The molecule has 0 amide bonds. The Bertz CT molecular complexity index is 1280. The van der Waals surface area contributed by atoms with Gasteiger partial charge in [0, 0.05) is 34.1 Å². The van der Waals surface area contributed by atoms with E-state index in [2.05, 4.69) is 31.6 Å². The summed E-state index contributed by atoms with van der Waals surface area (Å²) in [5.41, 5.74) is 4.97. The highest BCUT2D eigenvalue weighted by molar-refractivity contribution is 6.32. The van der Waals surface area contributed by atoms with Crippen molar-refractivity contribution in [1.82, 2.24) is 20.1 Å². The fourth-order valence-electron chi connectivity index (χ4n) is 3.78. The van der Waals surface area contributed by atoms with Crippen molar-refractivity contribution in [3.8, 4) is 17.3 Å². The molecule has 0 spiro atoms. The molecule has 3 aromatic heterocycles. The largest absolute Gasteiger partial charge is 0.495 e. The molecule has 0 aliphatic heterocycles. The summed E-state index contributed by atoms with van der Waals surface area (Å²) in [7, 11) is 1.62. The quantitative estimate of drug-likeness (QED) is 0.513. The van der Waals surface area contributed by atoms with Gasteiger partial charge in [0.2, 0.25) is 5.82 Å². The summed E-state index contributed by atoms with van der Waals surface area (Å²) in [4.78, 5) is 22.1. The second-order valence-electron chi connectivity index (χ2n) is 7.71. The summed E-state index contributed by atoms with van der Waals surface area (Å²) < 4.78 is 10.0. The predicted molar refractivity (Wildman–Crippen MR) is 110 cm³/mol. The fourth-order valence-corrected chi connectivity index (χ4v) is 4.02. The highest BCUT2D eigenvalue weighted by atomic mass is 35.5. The fraction of sp³-hybridized carbons (Fsp3) is 0.286. The van der Waals surface area contributed by atoms with Crippen molar-refractivity contribution in [1.29, 1.82) is 0 Å². The lowest BCUT2D eigenvalue weighted by Gasteiger charge is -2.11. The van der Waals surface area contributed by atoms with Gasteiger partial charge in [-0.05, 0) is 42.7 Å². The van der Waals surface area contributed by atoms with Gasteiger partial charge < -0.3 is 9.72 Å². The molecule has 2 N–H and O–H groups in total. The van der Waals surface area contributed by atoms with Crippen molar-refractivity contribution in [3.63, 3.8) is 0 Å². The number of H-pyrrole nitrogens is 2. The van der Waals surface area contributed by atoms with Crippen LogP contribution in [-0.4, -0.2) is 27.2 Å². The number of rotatable bonds is 5. The second-order valence-corrected chi connectivity index (χ2v) is 8.11. The van der Waals surface area contributed by atoms with Gasteiger partial charge in [0.1, 0.15) is 11.4 Å². The SMILES string of the molecule is COc1cc2c(Cc3cccc(-c4noc(=O)[nH]4)n3)c(C3(C)CC3)[nH]c2cc1Cl. The number of pyridine rings is 1. The number of ether oxygens (including phenoxy) is 1. The first-order valence-corrected chi connectivity index (χ1v) is 9.75. The average molecular weight is 411 g/mol. The van der Waals surface area contributed by atoms with Crippen molar-refractivity contribution >= 4 is 22.5 Å². The minimum atomic E-state index is -0.600. The maximum absolute atomic E-state index is 11.3. The van der Waals surface area contributed by atoms with Crippen molar-refractivity contribution < 1.29 is 9.26 Å². The molecule has 0 radical (unpaired) electrons. The highest BCUT2D eigenvalue weighted by Crippen LogP contribution is 2.50. The van der Waals surface area contributed by atoms with Crippen LogP contribution in [0.4, 0.5) is 0 Å². The summed E-state index contributed by atoms with van der Waals surface area (Å²) in [5, 5.41) is 5.39. The Morgan fingerprint density at radius 3 is 2.79 bits per heavy atom. The lowest BCUT2D eigenvalue weighted by Crippen LogP contribution is -2.06. The zero-order chi connectivity index (χ0) is 20.2. The highest BCUT2D eigenvalue weighted by Gasteiger charge is 2.42. The molecule has 3 heterocycles. The Kier molecular flexibility index (Phi) is 4.03. The number of benzene rings is 1. The molecule has 29 heavy (non-hydrogen) atoms. The Morgan fingerprint density at radius 2 is 2.10 bits per heavy atom. The number of nitrogens with zero attached hydrogens (tertiary/aromatic N) is 2. The van der Waals surface area contributed by atoms with Gasteiger partial charge in [-0.2, -0.15) is 0 Å². The molecule has 0 atom stereocenters. The molecule has 0 unspecified atom stereocenters. The van der Waals surface area contributed by atoms with E-state index in [4.69, 9.17) is 16.3 Å². The second kappa shape index (κ2) is 6.49. The number of methoxy groups -OCH3 is 1. The number of halogens is 1. The molecule has 1 aliphatic carbocycles. The predicted octanol–water partition coefficient (Wildman–Crippen LogP) is 4.21. The summed E-state index contributed by atoms with van der Waals surface area (Å²) in [6.45, 7) is 2.27. The summed E-state index contributed by atoms with van der Waals surface area (Å²) in [5.74, 6) is 0.365. The lowest BCUT2D eigenvalue weighted by molar-refractivity contribution is 0.387. The maximum atomic E-state index is 11.3. The van der Waals surface area contributed by atoms with E-state index in [0.717, 1.165) is 29.4 Å². The number of aromatic nitrogens is 4. The first kappa shape index (κ1) is 18.0. The third-order valence-corrected chi connectivity index (χ3v) is 5.93. The molecule has 1 saturated carbocycles. The maximum Gasteiger partial charge on any atom is 0.439 e. The van der Waals surface area contributed by atoms with Crippen LogP contribution in [0.2, 0.25) is 5.02 Å². The molecule has 0 saturated heterocycles. The van der Waals surface area contributed by atoms with E-state index in [1.165, 1.54) is 11.3 Å². The molecule has 1 aromatic carbocycles. The zero-order valence-corrected chi connectivity index (χ0v) is 16.8. The van der Waals surface area contributed by atoms with Crippen molar-refractivity contribution in [2.24, 2.45) is 0 Å². The van der Waals surface area contributed by atoms with E-state index in [0.29, 0.717) is 28.7 Å². The first-order chi connectivity index (χ1) is 14.0. The van der Waals surface area contributed by atoms with Gasteiger partial charge in [-0.25, -0.2) is 9.78 Å². The molecule has 1 aliphatic rings. The number of hydrogen-bond acceptors (Lipinski definition) is 5. The van der Waals surface area contributed by atoms with Gasteiger partial charge in [0.05, 0.1) is 12.1 Å². The Balaban J connectivity index is 1.62. The summed E-state index contributed by atoms with van der Waals surface area (Å²) in [6.07, 6.45) is 2.92. The molecule has 5 rings (SSSR count). The minimum absolute atomic E-state index is 0.142. The average Bonchev–Trinajstić information content (AvgIpc) is 3.15. The lowest BCUT2D eigenvalue weighted by atomic mass is 9.96. The van der Waals surface area contributed by atoms with Crippen LogP contribution in [0, 0.1) is 0 Å². The Morgan fingerprint density at radius 1 is 1.28 bits per heavy atom. The van der Waals surface area contributed by atoms with Crippen LogP contribution in [0.1, 0.15) is 36.7 Å². The topological polar surface area (TPSA) is 96.8 Å². The molecule has 0 bridgehead atoms. The number of hydrogen-bond donors (Lipinski definition) is 2. The van der Waals surface area contributed by atoms with Crippen LogP contribution >= 0.6 is 11.6 Å². The smallest absolute Gasteiger partial charge is 0.439 e. The van der Waals surface area contributed by atoms with Crippen LogP contribution in [0.15, 0.2) is 39.6 Å². The first-order valence-electron chi connectivity index (χ1n) is 9.38. The normalized spacial score (nSPS) is 15.0. The van der Waals surface area contributed by atoms with Crippen LogP contribution in [0.3, 0.4) is 0 Å². The van der Waals surface area contributed by atoms with E-state index in [1.807, 2.05) is 24.3 Å². The molecule has 1 fully saturated rings. The molecule has 7 nitrogen and oxygen atoms in total. The van der Waals surface area contributed by atoms with E-state index in [-0.39, 0.29) is 5.41 Å². The molecule has 8 heteroatoms. The van der Waals surface area contributed by atoms with Gasteiger partial charge in [-0.15, -0.1) is 0 Å². The molecule has 4 aromatic rings. The van der Waals surface area contributed by atoms with Gasteiger partial charge >= 0.3 is 5.76 Å². The van der Waals surface area contributed by atoms with Gasteiger partial charge in [0.15, 0.2) is 0 Å². The van der Waals surface area contributed by atoms with Crippen LogP contribution in [-0.2, 0) is 11.8 Å². The molecular weight excluding hydrogens is 392 g/mol. The zero-order valence-electron chi connectivity index (χ0n) is 16.0. The van der Waals surface area contributed by atoms with E-state index in [1.54, 1.807) is 13.2 Å². The number of nitrogens with one attached hydrogen (secondary N) is 2. The third-order valence-electron chi connectivity index (χ3n) is 5.63. The third kappa shape index (κ3) is 3.11. The van der Waals surface area contributed by atoms with Gasteiger partial charge in [-0.3, -0.25) is 9.51 Å². The number of fused-ring (bicyclic) bond motifs is 1. The van der Waals surface area contributed by atoms with Gasteiger partial charge in [0.25, 0.3) is 0 Å². The van der Waals surface area contributed by atoms with Gasteiger partial charge in [-0.1, -0.05) is 29.7 Å². The number of aromatic amines is 2. The van der Waals surface area contributed by atoms with Crippen molar-refractivity contribution in [2.75, 3.05) is 7.11 Å². The monoisotopic (exact) mass is 410 g/mol. The minimum Gasteiger partial charge on any atom is -0.495 e. The molecular formula is C21H19ClN4O3. The Labute approximate surface area is 171 Å². The van der Waals surface area contributed by atoms with Crippen LogP contribution in [0.5, 0.6) is 5.75 Å². The van der Waals surface area contributed by atoms with E-state index in [9.17, 15) is 4.79 Å². The Hall–Kier alpha value is -3.06. The van der Waals surface area contributed by atoms with Crippen LogP contribution in [0.25, 0.3) is 22.4 Å². The van der Waals surface area contributed by atoms with E-state index < -0.39 is 5.76 Å². The summed E-state index contributed by atoms with van der Waals surface area (Å²) in [6, 6.07) is 9.55. The van der Waals surface area contributed by atoms with Crippen molar-refractivity contribution in [2.45, 2.75) is 31.6 Å². The van der Waals surface area contributed by atoms with Crippen molar-refractivity contribution in [3.05, 3.63) is 62.9 Å². The van der Waals surface area contributed by atoms with Crippen LogP contribution < -0.4 is 10.5 Å². The summed E-state index contributed by atoms with van der Waals surface area (Å²) >= 11 is 6.34. The molecule has 148 valence electrons.